The van der Waals surface area contributed by atoms with Crippen LogP contribution >= 0.6 is 0 Å². The molecule has 0 saturated heterocycles. The quantitative estimate of drug-likeness (QED) is 0.458. The monoisotopic (exact) mass is 349 g/mol. The lowest BCUT2D eigenvalue weighted by atomic mass is 9.65. The first kappa shape index (κ1) is 16.9. The minimum atomic E-state index is -0.938. The second-order valence-corrected chi connectivity index (χ2v) is 6.41. The molecule has 1 heterocycles. The summed E-state index contributed by atoms with van der Waals surface area (Å²) in [5, 5.41) is 0. The van der Waals surface area contributed by atoms with E-state index in [1.54, 1.807) is 12.4 Å². The fraction of sp³-hybridized carbons (Fsp3) is 0.0400. The van der Waals surface area contributed by atoms with E-state index in [4.69, 9.17) is 0 Å². The van der Waals surface area contributed by atoms with Gasteiger partial charge in [-0.3, -0.25) is 9.78 Å². The number of pyridine rings is 1. The van der Waals surface area contributed by atoms with Gasteiger partial charge in [-0.05, 0) is 28.8 Å². The topological polar surface area (TPSA) is 30.0 Å². The Hall–Kier alpha value is -3.52. The molecule has 0 fully saturated rings. The van der Waals surface area contributed by atoms with Crippen molar-refractivity contribution in [2.24, 2.45) is 0 Å². The van der Waals surface area contributed by atoms with Gasteiger partial charge in [0.15, 0.2) is 5.78 Å². The summed E-state index contributed by atoms with van der Waals surface area (Å²) in [6, 6.07) is 33.3. The number of ketones is 1. The second kappa shape index (κ2) is 7.38. The third kappa shape index (κ3) is 2.96. The highest BCUT2D eigenvalue weighted by atomic mass is 16.1. The molecule has 0 bridgehead atoms. The molecular weight excluding hydrogens is 330 g/mol. The van der Waals surface area contributed by atoms with E-state index < -0.39 is 5.41 Å². The Morgan fingerprint density at radius 3 is 1.44 bits per heavy atom. The van der Waals surface area contributed by atoms with Gasteiger partial charge >= 0.3 is 0 Å². The summed E-state index contributed by atoms with van der Waals surface area (Å²) in [7, 11) is 0. The van der Waals surface area contributed by atoms with Crippen LogP contribution in [-0.4, -0.2) is 10.8 Å². The highest BCUT2D eigenvalue weighted by Gasteiger charge is 2.43. The van der Waals surface area contributed by atoms with E-state index in [1.165, 1.54) is 0 Å². The summed E-state index contributed by atoms with van der Waals surface area (Å²) in [5.74, 6) is 0.0479. The van der Waals surface area contributed by atoms with Crippen molar-refractivity contribution in [3.63, 3.8) is 0 Å². The smallest absolute Gasteiger partial charge is 0.182 e. The average Bonchev–Trinajstić information content (AvgIpc) is 2.77. The van der Waals surface area contributed by atoms with Gasteiger partial charge < -0.3 is 0 Å². The van der Waals surface area contributed by atoms with E-state index in [9.17, 15) is 4.79 Å². The van der Waals surface area contributed by atoms with Crippen LogP contribution in [0.4, 0.5) is 0 Å². The standard InChI is InChI=1S/C25H19NO/c27-24(20-10-4-1-5-11-20)25(21-12-6-2-7-13-21,22-14-8-3-9-15-22)23-16-18-26-19-17-23/h1-19H. The normalized spacial score (nSPS) is 11.1. The molecule has 0 spiro atoms. The maximum Gasteiger partial charge on any atom is 0.182 e. The van der Waals surface area contributed by atoms with Crippen LogP contribution in [0.2, 0.25) is 0 Å². The van der Waals surface area contributed by atoms with Crippen LogP contribution in [0.1, 0.15) is 27.0 Å². The van der Waals surface area contributed by atoms with E-state index in [0.717, 1.165) is 16.7 Å². The Morgan fingerprint density at radius 1 is 0.556 bits per heavy atom. The van der Waals surface area contributed by atoms with Gasteiger partial charge in [0.05, 0.1) is 0 Å². The molecule has 0 N–H and O–H groups in total. The van der Waals surface area contributed by atoms with E-state index in [0.29, 0.717) is 5.56 Å². The van der Waals surface area contributed by atoms with Crippen molar-refractivity contribution >= 4 is 5.78 Å². The van der Waals surface area contributed by atoms with Crippen LogP contribution in [0, 0.1) is 0 Å². The number of hydrogen-bond acceptors (Lipinski definition) is 2. The molecular formula is C25H19NO. The lowest BCUT2D eigenvalue weighted by molar-refractivity contribution is 0.0935. The molecule has 0 aliphatic carbocycles. The second-order valence-electron chi connectivity index (χ2n) is 6.41. The molecule has 4 aromatic rings. The molecule has 4 rings (SSSR count). The van der Waals surface area contributed by atoms with E-state index in [1.807, 2.05) is 103 Å². The third-order valence-electron chi connectivity index (χ3n) is 4.90. The number of rotatable bonds is 5. The largest absolute Gasteiger partial charge is 0.292 e. The summed E-state index contributed by atoms with van der Waals surface area (Å²) < 4.78 is 0. The third-order valence-corrected chi connectivity index (χ3v) is 4.90. The Kier molecular flexibility index (Phi) is 4.63. The molecule has 0 unspecified atom stereocenters. The van der Waals surface area contributed by atoms with E-state index in [2.05, 4.69) is 4.98 Å². The SMILES string of the molecule is O=C(c1ccccc1)C(c1ccccc1)(c1ccccc1)c1ccncc1. The van der Waals surface area contributed by atoms with Crippen molar-refractivity contribution in [2.75, 3.05) is 0 Å². The maximum atomic E-state index is 14.0. The fourth-order valence-electron chi connectivity index (χ4n) is 3.68. The van der Waals surface area contributed by atoms with Crippen molar-refractivity contribution in [1.82, 2.24) is 4.98 Å². The van der Waals surface area contributed by atoms with Gasteiger partial charge in [-0.2, -0.15) is 0 Å². The Labute approximate surface area is 159 Å². The molecule has 0 amide bonds. The Bertz CT molecular complexity index is 916. The average molecular weight is 349 g/mol. The zero-order valence-electron chi connectivity index (χ0n) is 14.8. The number of Topliss-reactive ketones (excluding diaryl/α,β-unsaturated/α-hetero) is 1. The number of hydrogen-bond donors (Lipinski definition) is 0. The van der Waals surface area contributed by atoms with Crippen molar-refractivity contribution in [3.8, 4) is 0 Å². The molecule has 2 heteroatoms. The molecule has 2 nitrogen and oxygen atoms in total. The fourth-order valence-corrected chi connectivity index (χ4v) is 3.68. The maximum absolute atomic E-state index is 14.0. The molecule has 27 heavy (non-hydrogen) atoms. The summed E-state index contributed by atoms with van der Waals surface area (Å²) in [6.07, 6.45) is 3.49. The zero-order chi connectivity index (χ0) is 18.5. The highest BCUT2D eigenvalue weighted by molar-refractivity contribution is 6.09. The predicted molar refractivity (Wildman–Crippen MR) is 108 cm³/mol. The van der Waals surface area contributed by atoms with Crippen molar-refractivity contribution in [2.45, 2.75) is 5.41 Å². The number of carbonyl (C=O) groups excluding carboxylic acids is 1. The van der Waals surface area contributed by atoms with Crippen molar-refractivity contribution in [1.29, 1.82) is 0 Å². The van der Waals surface area contributed by atoms with Gasteiger partial charge in [0.2, 0.25) is 0 Å². The van der Waals surface area contributed by atoms with Gasteiger partial charge in [-0.1, -0.05) is 91.0 Å². The lowest BCUT2D eigenvalue weighted by Crippen LogP contribution is -2.38. The van der Waals surface area contributed by atoms with Crippen LogP contribution in [0.5, 0.6) is 0 Å². The van der Waals surface area contributed by atoms with Crippen LogP contribution in [0.3, 0.4) is 0 Å². The van der Waals surface area contributed by atoms with Crippen molar-refractivity contribution in [3.05, 3.63) is 138 Å². The first-order valence-corrected chi connectivity index (χ1v) is 8.95. The van der Waals surface area contributed by atoms with Gasteiger partial charge in [0.1, 0.15) is 5.41 Å². The number of aromatic nitrogens is 1. The molecule has 3 aromatic carbocycles. The van der Waals surface area contributed by atoms with Crippen molar-refractivity contribution < 1.29 is 4.79 Å². The van der Waals surface area contributed by atoms with Gasteiger partial charge in [-0.25, -0.2) is 0 Å². The minimum absolute atomic E-state index is 0.0479. The first-order valence-electron chi connectivity index (χ1n) is 8.95. The van der Waals surface area contributed by atoms with E-state index >= 15 is 0 Å². The molecule has 0 aliphatic heterocycles. The molecule has 0 aliphatic rings. The van der Waals surface area contributed by atoms with Crippen LogP contribution in [0.25, 0.3) is 0 Å². The number of carbonyl (C=O) groups is 1. The summed E-state index contributed by atoms with van der Waals surface area (Å²) in [5.41, 5.74) is 2.53. The number of benzene rings is 3. The Morgan fingerprint density at radius 2 is 0.963 bits per heavy atom. The molecule has 0 saturated carbocycles. The molecule has 1 aromatic heterocycles. The van der Waals surface area contributed by atoms with Gasteiger partial charge in [0, 0.05) is 18.0 Å². The first-order chi connectivity index (χ1) is 13.3. The minimum Gasteiger partial charge on any atom is -0.292 e. The highest BCUT2D eigenvalue weighted by Crippen LogP contribution is 2.41. The van der Waals surface area contributed by atoms with Crippen LogP contribution < -0.4 is 0 Å². The molecule has 130 valence electrons. The zero-order valence-corrected chi connectivity index (χ0v) is 14.8. The molecule has 0 atom stereocenters. The molecule has 0 radical (unpaired) electrons. The summed E-state index contributed by atoms with van der Waals surface area (Å²) >= 11 is 0. The lowest BCUT2D eigenvalue weighted by Gasteiger charge is -2.34. The van der Waals surface area contributed by atoms with Gasteiger partial charge in [0.25, 0.3) is 0 Å². The predicted octanol–water partition coefficient (Wildman–Crippen LogP) is 5.30. The van der Waals surface area contributed by atoms with Crippen LogP contribution in [-0.2, 0) is 5.41 Å². The number of nitrogens with zero attached hydrogens (tertiary/aromatic N) is 1. The summed E-state index contributed by atoms with van der Waals surface area (Å²) in [4.78, 5) is 18.2. The van der Waals surface area contributed by atoms with E-state index in [-0.39, 0.29) is 5.78 Å². The van der Waals surface area contributed by atoms with Gasteiger partial charge in [-0.15, -0.1) is 0 Å². The van der Waals surface area contributed by atoms with Crippen LogP contribution in [0.15, 0.2) is 116 Å². The Balaban J connectivity index is 2.08. The summed E-state index contributed by atoms with van der Waals surface area (Å²) in [6.45, 7) is 0.